The average Bonchev–Trinajstić information content (AvgIpc) is 2.56. The highest BCUT2D eigenvalue weighted by Crippen LogP contribution is 2.35. The van der Waals surface area contributed by atoms with E-state index in [0.717, 1.165) is 16.8 Å². The molecular formula is C19H23ClN2O3. The van der Waals surface area contributed by atoms with Crippen LogP contribution in [0.3, 0.4) is 0 Å². The zero-order valence-electron chi connectivity index (χ0n) is 15.1. The monoisotopic (exact) mass is 362 g/mol. The number of rotatable bonds is 6. The van der Waals surface area contributed by atoms with E-state index >= 15 is 0 Å². The van der Waals surface area contributed by atoms with Crippen LogP contribution in [0.5, 0.6) is 11.5 Å². The number of hydrogen-bond donors (Lipinski definition) is 2. The number of hydrogen-bond acceptors (Lipinski definition) is 4. The zero-order valence-corrected chi connectivity index (χ0v) is 15.9. The predicted molar refractivity (Wildman–Crippen MR) is 102 cm³/mol. The zero-order chi connectivity index (χ0) is 18.6. The third-order valence-corrected chi connectivity index (χ3v) is 4.15. The topological polar surface area (TPSA) is 59.6 Å². The summed E-state index contributed by atoms with van der Waals surface area (Å²) < 4.78 is 10.5. The number of nitrogens with one attached hydrogen (secondary N) is 2. The molecule has 1 amide bonds. The van der Waals surface area contributed by atoms with Gasteiger partial charge in [0.25, 0.3) is 0 Å². The van der Waals surface area contributed by atoms with Gasteiger partial charge in [0.05, 0.1) is 31.5 Å². The van der Waals surface area contributed by atoms with Gasteiger partial charge in [-0.05, 0) is 31.9 Å². The molecule has 0 aliphatic carbocycles. The van der Waals surface area contributed by atoms with Crippen LogP contribution in [0.15, 0.2) is 24.3 Å². The van der Waals surface area contributed by atoms with Crippen molar-refractivity contribution in [1.82, 2.24) is 0 Å². The van der Waals surface area contributed by atoms with Crippen LogP contribution in [0, 0.1) is 20.8 Å². The van der Waals surface area contributed by atoms with Gasteiger partial charge in [0.1, 0.15) is 11.5 Å². The lowest BCUT2D eigenvalue weighted by atomic mass is 10.1. The van der Waals surface area contributed by atoms with Crippen LogP contribution in [0.1, 0.15) is 16.7 Å². The van der Waals surface area contributed by atoms with Crippen LogP contribution in [0.2, 0.25) is 5.02 Å². The summed E-state index contributed by atoms with van der Waals surface area (Å²) in [6.45, 7) is 6.09. The van der Waals surface area contributed by atoms with Gasteiger partial charge < -0.3 is 20.1 Å². The minimum absolute atomic E-state index is 0.0912. The molecule has 25 heavy (non-hydrogen) atoms. The Balaban J connectivity index is 2.10. The van der Waals surface area contributed by atoms with Gasteiger partial charge in [0.2, 0.25) is 5.91 Å². The van der Waals surface area contributed by atoms with Crippen LogP contribution < -0.4 is 20.1 Å². The fourth-order valence-corrected chi connectivity index (χ4v) is 2.97. The summed E-state index contributed by atoms with van der Waals surface area (Å²) in [4.78, 5) is 12.3. The Labute approximate surface area is 153 Å². The van der Waals surface area contributed by atoms with Crippen LogP contribution in [-0.4, -0.2) is 26.7 Å². The second-order valence-corrected chi connectivity index (χ2v) is 6.27. The number of methoxy groups -OCH3 is 2. The summed E-state index contributed by atoms with van der Waals surface area (Å²) in [5.74, 6) is 0.905. The van der Waals surface area contributed by atoms with E-state index < -0.39 is 0 Å². The third-order valence-electron chi connectivity index (χ3n) is 3.85. The van der Waals surface area contributed by atoms with E-state index in [0.29, 0.717) is 22.2 Å². The molecule has 0 saturated carbocycles. The van der Waals surface area contributed by atoms with Crippen molar-refractivity contribution in [3.63, 3.8) is 0 Å². The van der Waals surface area contributed by atoms with Crippen LogP contribution in [-0.2, 0) is 4.79 Å². The lowest BCUT2D eigenvalue weighted by Gasteiger charge is -2.15. The summed E-state index contributed by atoms with van der Waals surface area (Å²) in [7, 11) is 3.08. The summed E-state index contributed by atoms with van der Waals surface area (Å²) in [6, 6.07) is 7.44. The van der Waals surface area contributed by atoms with Crippen LogP contribution in [0.4, 0.5) is 11.4 Å². The molecule has 2 aromatic rings. The van der Waals surface area contributed by atoms with E-state index in [2.05, 4.69) is 10.6 Å². The second-order valence-electron chi connectivity index (χ2n) is 5.86. The molecule has 2 N–H and O–H groups in total. The molecule has 0 radical (unpaired) electrons. The molecule has 0 fully saturated rings. The maximum Gasteiger partial charge on any atom is 0.243 e. The third kappa shape index (κ3) is 4.57. The van der Waals surface area contributed by atoms with Crippen molar-refractivity contribution < 1.29 is 14.3 Å². The maximum atomic E-state index is 12.3. The lowest BCUT2D eigenvalue weighted by molar-refractivity contribution is -0.114. The molecule has 0 aliphatic heterocycles. The van der Waals surface area contributed by atoms with E-state index in [-0.39, 0.29) is 12.5 Å². The van der Waals surface area contributed by atoms with Gasteiger partial charge >= 0.3 is 0 Å². The number of carbonyl (C=O) groups is 1. The van der Waals surface area contributed by atoms with Gasteiger partial charge in [-0.2, -0.15) is 0 Å². The van der Waals surface area contributed by atoms with Gasteiger partial charge in [-0.15, -0.1) is 0 Å². The Hall–Kier alpha value is -2.40. The molecule has 134 valence electrons. The largest absolute Gasteiger partial charge is 0.495 e. The number of carbonyl (C=O) groups excluding carboxylic acids is 1. The quantitative estimate of drug-likeness (QED) is 0.802. The molecule has 2 aromatic carbocycles. The van der Waals surface area contributed by atoms with Crippen molar-refractivity contribution in [1.29, 1.82) is 0 Å². The number of amides is 1. The molecule has 0 aromatic heterocycles. The van der Waals surface area contributed by atoms with E-state index in [4.69, 9.17) is 21.1 Å². The Kier molecular flexibility index (Phi) is 6.15. The first-order valence-electron chi connectivity index (χ1n) is 7.88. The van der Waals surface area contributed by atoms with Gasteiger partial charge in [-0.1, -0.05) is 29.3 Å². The molecule has 0 atom stereocenters. The summed E-state index contributed by atoms with van der Waals surface area (Å²) in [6.07, 6.45) is 0. The minimum Gasteiger partial charge on any atom is -0.495 e. The minimum atomic E-state index is -0.147. The second kappa shape index (κ2) is 8.12. The first kappa shape index (κ1) is 18.9. The van der Waals surface area contributed by atoms with Crippen molar-refractivity contribution in [2.24, 2.45) is 0 Å². The van der Waals surface area contributed by atoms with E-state index in [1.807, 2.05) is 32.9 Å². The van der Waals surface area contributed by atoms with Crippen molar-refractivity contribution in [2.45, 2.75) is 20.8 Å². The molecule has 6 heteroatoms. The molecule has 2 rings (SSSR count). The number of aryl methyl sites for hydroxylation is 3. The highest BCUT2D eigenvalue weighted by molar-refractivity contribution is 6.32. The number of anilines is 2. The van der Waals surface area contributed by atoms with E-state index in [1.165, 1.54) is 12.7 Å². The highest BCUT2D eigenvalue weighted by atomic mass is 35.5. The Morgan fingerprint density at radius 2 is 1.60 bits per heavy atom. The summed E-state index contributed by atoms with van der Waals surface area (Å²) in [5, 5.41) is 6.46. The Morgan fingerprint density at radius 1 is 1.00 bits per heavy atom. The number of ether oxygens (including phenoxy) is 2. The van der Waals surface area contributed by atoms with Gasteiger partial charge in [0, 0.05) is 17.8 Å². The molecule has 0 spiro atoms. The van der Waals surface area contributed by atoms with Crippen molar-refractivity contribution in [2.75, 3.05) is 31.4 Å². The normalized spacial score (nSPS) is 10.3. The summed E-state index contributed by atoms with van der Waals surface area (Å²) in [5.41, 5.74) is 4.73. The molecule has 0 saturated heterocycles. The van der Waals surface area contributed by atoms with Crippen LogP contribution in [0.25, 0.3) is 0 Å². The van der Waals surface area contributed by atoms with Crippen molar-refractivity contribution in [3.8, 4) is 11.5 Å². The molecular weight excluding hydrogens is 340 g/mol. The lowest BCUT2D eigenvalue weighted by Crippen LogP contribution is -2.23. The van der Waals surface area contributed by atoms with E-state index in [1.54, 1.807) is 19.2 Å². The van der Waals surface area contributed by atoms with Crippen LogP contribution >= 0.6 is 11.6 Å². The van der Waals surface area contributed by atoms with Crippen molar-refractivity contribution >= 4 is 28.9 Å². The number of halogens is 1. The first-order valence-corrected chi connectivity index (χ1v) is 8.26. The van der Waals surface area contributed by atoms with Gasteiger partial charge in [-0.3, -0.25) is 4.79 Å². The molecule has 0 aliphatic rings. The first-order chi connectivity index (χ1) is 11.8. The number of benzene rings is 2. The molecule has 0 unspecified atom stereocenters. The SMILES string of the molecule is COc1cc(NCC(=O)Nc2c(C)cc(C)cc2C)c(OC)cc1Cl. The molecule has 5 nitrogen and oxygen atoms in total. The Bertz CT molecular complexity index is 767. The average molecular weight is 363 g/mol. The smallest absolute Gasteiger partial charge is 0.243 e. The molecule has 0 bridgehead atoms. The van der Waals surface area contributed by atoms with Gasteiger partial charge in [-0.25, -0.2) is 0 Å². The summed E-state index contributed by atoms with van der Waals surface area (Å²) >= 11 is 6.09. The van der Waals surface area contributed by atoms with Crippen molar-refractivity contribution in [3.05, 3.63) is 46.0 Å². The predicted octanol–water partition coefficient (Wildman–Crippen LogP) is 4.33. The maximum absolute atomic E-state index is 12.3. The fraction of sp³-hybridized carbons (Fsp3) is 0.316. The van der Waals surface area contributed by atoms with E-state index in [9.17, 15) is 4.79 Å². The standard InChI is InChI=1S/C19H23ClN2O3/c1-11-6-12(2)19(13(3)7-11)22-18(23)10-21-15-9-16(24-4)14(20)8-17(15)25-5/h6-9,21H,10H2,1-5H3,(H,22,23). The highest BCUT2D eigenvalue weighted by Gasteiger charge is 2.12. The molecule has 0 heterocycles. The van der Waals surface area contributed by atoms with Gasteiger partial charge in [0.15, 0.2) is 0 Å². The fourth-order valence-electron chi connectivity index (χ4n) is 2.73. The Morgan fingerprint density at radius 3 is 2.16 bits per heavy atom.